The maximum absolute atomic E-state index is 12.3. The summed E-state index contributed by atoms with van der Waals surface area (Å²) in [5.41, 5.74) is 0.747. The summed E-state index contributed by atoms with van der Waals surface area (Å²) in [6.07, 6.45) is 4.01. The number of aliphatic hydroxyl groups excluding tert-OH is 1. The first-order chi connectivity index (χ1) is 9.65. The Bertz CT molecular complexity index is 401. The number of aliphatic hydroxyl groups is 1. The van der Waals surface area contributed by atoms with E-state index in [4.69, 9.17) is 0 Å². The molecule has 0 amide bonds. The van der Waals surface area contributed by atoms with E-state index in [-0.39, 0.29) is 12.4 Å². The summed E-state index contributed by atoms with van der Waals surface area (Å²) in [6, 6.07) is 8.09. The highest BCUT2D eigenvalue weighted by Gasteiger charge is 2.18. The summed E-state index contributed by atoms with van der Waals surface area (Å²) >= 11 is 1.67. The monoisotopic (exact) mass is 295 g/mol. The summed E-state index contributed by atoms with van der Waals surface area (Å²) in [5.74, 6) is 0.123. The molecule has 0 unspecified atom stereocenters. The molecule has 0 spiro atoms. The zero-order valence-electron chi connectivity index (χ0n) is 12.6. The fourth-order valence-electron chi connectivity index (χ4n) is 2.38. The van der Waals surface area contributed by atoms with E-state index in [2.05, 4.69) is 18.7 Å². The second-order valence-corrected chi connectivity index (χ2v) is 5.70. The lowest BCUT2D eigenvalue weighted by atomic mass is 10.1. The third-order valence-corrected chi connectivity index (χ3v) is 4.35. The molecule has 0 aliphatic rings. The average molecular weight is 295 g/mol. The SMILES string of the molecule is CCC(CC)N(CCO)CC(=O)c1ccc(SC)cc1. The van der Waals surface area contributed by atoms with Crippen molar-refractivity contribution in [1.82, 2.24) is 4.90 Å². The van der Waals surface area contributed by atoms with E-state index >= 15 is 0 Å². The molecule has 0 aliphatic carbocycles. The molecule has 112 valence electrons. The molecule has 3 nitrogen and oxygen atoms in total. The van der Waals surface area contributed by atoms with Crippen LogP contribution in [-0.4, -0.2) is 47.8 Å². The van der Waals surface area contributed by atoms with Gasteiger partial charge in [-0.15, -0.1) is 11.8 Å². The van der Waals surface area contributed by atoms with Crippen molar-refractivity contribution in [2.75, 3.05) is 26.0 Å². The Morgan fingerprint density at radius 1 is 1.25 bits per heavy atom. The lowest BCUT2D eigenvalue weighted by Gasteiger charge is -2.29. The molecule has 0 saturated carbocycles. The Balaban J connectivity index is 2.73. The molecule has 4 heteroatoms. The maximum atomic E-state index is 12.3. The predicted molar refractivity (Wildman–Crippen MR) is 85.6 cm³/mol. The van der Waals surface area contributed by atoms with Crippen LogP contribution in [0.1, 0.15) is 37.0 Å². The van der Waals surface area contributed by atoms with E-state index in [1.165, 1.54) is 0 Å². The first-order valence-corrected chi connectivity index (χ1v) is 8.40. The van der Waals surface area contributed by atoms with Crippen molar-refractivity contribution in [3.05, 3.63) is 29.8 Å². The quantitative estimate of drug-likeness (QED) is 0.561. The molecule has 0 saturated heterocycles. The second kappa shape index (κ2) is 9.16. The number of ketones is 1. The number of thioether (sulfide) groups is 1. The summed E-state index contributed by atoms with van der Waals surface area (Å²) in [7, 11) is 0. The summed E-state index contributed by atoms with van der Waals surface area (Å²) in [6.45, 7) is 5.27. The van der Waals surface area contributed by atoms with Crippen LogP contribution < -0.4 is 0 Å². The third-order valence-electron chi connectivity index (χ3n) is 3.60. The molecule has 0 fully saturated rings. The fourth-order valence-corrected chi connectivity index (χ4v) is 2.79. The van der Waals surface area contributed by atoms with Crippen LogP contribution in [0.5, 0.6) is 0 Å². The highest BCUT2D eigenvalue weighted by Crippen LogP contribution is 2.16. The molecule has 0 radical (unpaired) electrons. The number of carbonyl (C=O) groups is 1. The van der Waals surface area contributed by atoms with Crippen LogP contribution in [0.4, 0.5) is 0 Å². The largest absolute Gasteiger partial charge is 0.395 e. The van der Waals surface area contributed by atoms with Gasteiger partial charge in [0.05, 0.1) is 13.2 Å². The van der Waals surface area contributed by atoms with Gasteiger partial charge in [-0.2, -0.15) is 0 Å². The predicted octanol–water partition coefficient (Wildman–Crippen LogP) is 3.07. The molecule has 20 heavy (non-hydrogen) atoms. The van der Waals surface area contributed by atoms with Crippen LogP contribution in [0.2, 0.25) is 0 Å². The van der Waals surface area contributed by atoms with Crippen molar-refractivity contribution in [3.63, 3.8) is 0 Å². The molecule has 0 atom stereocenters. The van der Waals surface area contributed by atoms with E-state index in [0.29, 0.717) is 19.1 Å². The van der Waals surface area contributed by atoms with Crippen molar-refractivity contribution in [3.8, 4) is 0 Å². The number of benzene rings is 1. The minimum Gasteiger partial charge on any atom is -0.395 e. The van der Waals surface area contributed by atoms with Gasteiger partial charge in [-0.1, -0.05) is 26.0 Å². The lowest BCUT2D eigenvalue weighted by Crippen LogP contribution is -2.40. The van der Waals surface area contributed by atoms with Gasteiger partial charge in [0.25, 0.3) is 0 Å². The van der Waals surface area contributed by atoms with Gasteiger partial charge in [-0.25, -0.2) is 0 Å². The van der Waals surface area contributed by atoms with Gasteiger partial charge in [0.2, 0.25) is 0 Å². The maximum Gasteiger partial charge on any atom is 0.176 e. The minimum absolute atomic E-state index is 0.0925. The molecule has 1 rings (SSSR count). The first-order valence-electron chi connectivity index (χ1n) is 7.18. The van der Waals surface area contributed by atoms with Crippen LogP contribution in [0, 0.1) is 0 Å². The Kier molecular flexibility index (Phi) is 7.88. The normalized spacial score (nSPS) is 11.3. The smallest absolute Gasteiger partial charge is 0.176 e. The van der Waals surface area contributed by atoms with Crippen molar-refractivity contribution in [1.29, 1.82) is 0 Å². The molecular formula is C16H25NO2S. The molecule has 0 aliphatic heterocycles. The summed E-state index contributed by atoms with van der Waals surface area (Å²) in [5, 5.41) is 9.17. The number of hydrogen-bond donors (Lipinski definition) is 1. The van der Waals surface area contributed by atoms with Gasteiger partial charge in [0.1, 0.15) is 0 Å². The molecular weight excluding hydrogens is 270 g/mol. The van der Waals surface area contributed by atoms with Crippen LogP contribution in [0.15, 0.2) is 29.2 Å². The number of hydrogen-bond acceptors (Lipinski definition) is 4. The van der Waals surface area contributed by atoms with Crippen molar-refractivity contribution >= 4 is 17.5 Å². The standard InChI is InChI=1S/C16H25NO2S/c1-4-14(5-2)17(10-11-18)12-16(19)13-6-8-15(20-3)9-7-13/h6-9,14,18H,4-5,10-12H2,1-3H3. The van der Waals surface area contributed by atoms with Crippen LogP contribution in [0.3, 0.4) is 0 Å². The summed E-state index contributed by atoms with van der Waals surface area (Å²) < 4.78 is 0. The summed E-state index contributed by atoms with van der Waals surface area (Å²) in [4.78, 5) is 15.6. The number of rotatable bonds is 9. The number of Topliss-reactive ketones (excluding diaryl/α,β-unsaturated/α-hetero) is 1. The van der Waals surface area contributed by atoms with E-state index in [9.17, 15) is 9.90 Å². The van der Waals surface area contributed by atoms with Gasteiger partial charge in [-0.05, 0) is 31.2 Å². The van der Waals surface area contributed by atoms with Gasteiger partial charge < -0.3 is 5.11 Å². The Labute approximate surface area is 126 Å². The topological polar surface area (TPSA) is 40.5 Å². The third kappa shape index (κ3) is 4.93. The molecule has 0 heterocycles. The Morgan fingerprint density at radius 2 is 1.85 bits per heavy atom. The van der Waals surface area contributed by atoms with Crippen LogP contribution >= 0.6 is 11.8 Å². The van der Waals surface area contributed by atoms with E-state index < -0.39 is 0 Å². The molecule has 0 aromatic heterocycles. The lowest BCUT2D eigenvalue weighted by molar-refractivity contribution is 0.0850. The van der Waals surface area contributed by atoms with E-state index in [0.717, 1.165) is 23.3 Å². The average Bonchev–Trinajstić information content (AvgIpc) is 2.48. The molecule has 0 bridgehead atoms. The van der Waals surface area contributed by atoms with Crippen molar-refractivity contribution < 1.29 is 9.90 Å². The van der Waals surface area contributed by atoms with E-state index in [1.54, 1.807) is 11.8 Å². The zero-order valence-corrected chi connectivity index (χ0v) is 13.4. The fraction of sp³-hybridized carbons (Fsp3) is 0.562. The van der Waals surface area contributed by atoms with Crippen LogP contribution in [0.25, 0.3) is 0 Å². The first kappa shape index (κ1) is 17.2. The minimum atomic E-state index is 0.0925. The molecule has 1 N–H and O–H groups in total. The van der Waals surface area contributed by atoms with E-state index in [1.807, 2.05) is 30.5 Å². The van der Waals surface area contributed by atoms with Crippen molar-refractivity contribution in [2.24, 2.45) is 0 Å². The highest BCUT2D eigenvalue weighted by molar-refractivity contribution is 7.98. The highest BCUT2D eigenvalue weighted by atomic mass is 32.2. The van der Waals surface area contributed by atoms with Crippen molar-refractivity contribution in [2.45, 2.75) is 37.6 Å². The zero-order chi connectivity index (χ0) is 15.0. The number of nitrogens with zero attached hydrogens (tertiary/aromatic N) is 1. The molecule has 1 aromatic carbocycles. The Morgan fingerprint density at radius 3 is 2.30 bits per heavy atom. The van der Waals surface area contributed by atoms with Crippen LogP contribution in [-0.2, 0) is 0 Å². The van der Waals surface area contributed by atoms with Gasteiger partial charge in [0, 0.05) is 23.0 Å². The second-order valence-electron chi connectivity index (χ2n) is 4.82. The van der Waals surface area contributed by atoms with Gasteiger partial charge in [-0.3, -0.25) is 9.69 Å². The Hall–Kier alpha value is -0.840. The molecule has 1 aromatic rings. The van der Waals surface area contributed by atoms with Gasteiger partial charge >= 0.3 is 0 Å². The van der Waals surface area contributed by atoms with Gasteiger partial charge in [0.15, 0.2) is 5.78 Å². The number of carbonyl (C=O) groups excluding carboxylic acids is 1.